The van der Waals surface area contributed by atoms with Gasteiger partial charge in [-0.3, -0.25) is 19.5 Å². The minimum absolute atomic E-state index is 0.0385. The van der Waals surface area contributed by atoms with Gasteiger partial charge in [0, 0.05) is 23.6 Å². The Labute approximate surface area is 197 Å². The molecule has 0 bridgehead atoms. The molecule has 1 amide bonds. The molecular formula is C27H23N3O4. The minimum atomic E-state index is -0.887. The lowest BCUT2D eigenvalue weighted by Crippen LogP contribution is -2.29. The predicted molar refractivity (Wildman–Crippen MR) is 127 cm³/mol. The van der Waals surface area contributed by atoms with Crippen LogP contribution in [0.15, 0.2) is 78.6 Å². The van der Waals surface area contributed by atoms with Crippen molar-refractivity contribution in [1.29, 1.82) is 5.26 Å². The molecule has 0 spiro atoms. The quantitative estimate of drug-likeness (QED) is 0.332. The van der Waals surface area contributed by atoms with Crippen molar-refractivity contribution in [2.24, 2.45) is 5.92 Å². The molecule has 0 saturated carbocycles. The smallest absolute Gasteiger partial charge is 0.300 e. The molecule has 1 atom stereocenters. The van der Waals surface area contributed by atoms with Crippen LogP contribution >= 0.6 is 0 Å². The number of Topliss-reactive ketones (excluding diaryl/α,β-unsaturated/α-hetero) is 1. The molecule has 2 aromatic carbocycles. The Kier molecular flexibility index (Phi) is 6.42. The highest BCUT2D eigenvalue weighted by molar-refractivity contribution is 6.51. The summed E-state index contributed by atoms with van der Waals surface area (Å²) in [5.74, 6) is -0.993. The number of ether oxygens (including phenoxy) is 1. The molecule has 0 aliphatic carbocycles. The summed E-state index contributed by atoms with van der Waals surface area (Å²) in [5, 5.41) is 20.4. The molecule has 0 radical (unpaired) electrons. The normalized spacial score (nSPS) is 17.1. The molecule has 1 saturated heterocycles. The third-order valence-electron chi connectivity index (χ3n) is 5.41. The lowest BCUT2D eigenvalue weighted by atomic mass is 9.96. The van der Waals surface area contributed by atoms with Crippen molar-refractivity contribution in [3.05, 3.63) is 95.3 Å². The summed E-state index contributed by atoms with van der Waals surface area (Å²) in [5.41, 5.74) is 1.76. The number of hydrogen-bond donors (Lipinski definition) is 1. The topological polar surface area (TPSA) is 104 Å². The summed E-state index contributed by atoms with van der Waals surface area (Å²) in [4.78, 5) is 31.8. The van der Waals surface area contributed by atoms with E-state index in [1.807, 2.05) is 19.9 Å². The van der Waals surface area contributed by atoms with Gasteiger partial charge in [-0.25, -0.2) is 0 Å². The average molecular weight is 453 g/mol. The van der Waals surface area contributed by atoms with E-state index in [1.165, 1.54) is 4.90 Å². The van der Waals surface area contributed by atoms with Gasteiger partial charge in [0.15, 0.2) is 0 Å². The number of carbonyl (C=O) groups is 2. The minimum Gasteiger partial charge on any atom is -0.507 e. The fraction of sp³-hybridized carbons (Fsp3) is 0.185. The van der Waals surface area contributed by atoms with E-state index in [4.69, 9.17) is 10.00 Å². The first-order chi connectivity index (χ1) is 16.4. The van der Waals surface area contributed by atoms with Crippen molar-refractivity contribution in [3.63, 3.8) is 0 Å². The van der Waals surface area contributed by atoms with Crippen molar-refractivity contribution < 1.29 is 19.4 Å². The summed E-state index contributed by atoms with van der Waals surface area (Å²) in [6.45, 7) is 4.56. The molecule has 2 heterocycles. The number of aliphatic hydroxyl groups excluding tert-OH is 1. The molecule has 34 heavy (non-hydrogen) atoms. The van der Waals surface area contributed by atoms with E-state index in [-0.39, 0.29) is 11.3 Å². The van der Waals surface area contributed by atoms with Gasteiger partial charge < -0.3 is 9.84 Å². The Balaban J connectivity index is 1.84. The van der Waals surface area contributed by atoms with Gasteiger partial charge in [-0.1, -0.05) is 32.0 Å². The van der Waals surface area contributed by atoms with E-state index in [0.717, 1.165) is 0 Å². The van der Waals surface area contributed by atoms with Crippen LogP contribution in [0.5, 0.6) is 5.75 Å². The van der Waals surface area contributed by atoms with Gasteiger partial charge in [-0.2, -0.15) is 5.26 Å². The van der Waals surface area contributed by atoms with E-state index in [9.17, 15) is 14.7 Å². The molecule has 1 N–H and O–H groups in total. The second-order valence-electron chi connectivity index (χ2n) is 8.35. The third-order valence-corrected chi connectivity index (χ3v) is 5.41. The van der Waals surface area contributed by atoms with Crippen LogP contribution in [-0.2, 0) is 9.59 Å². The number of nitriles is 1. The van der Waals surface area contributed by atoms with E-state index in [1.54, 1.807) is 73.1 Å². The molecule has 1 unspecified atom stereocenters. The Bertz CT molecular complexity index is 1290. The fourth-order valence-corrected chi connectivity index (χ4v) is 3.80. The maximum absolute atomic E-state index is 13.2. The largest absolute Gasteiger partial charge is 0.507 e. The van der Waals surface area contributed by atoms with Crippen LogP contribution in [0.2, 0.25) is 0 Å². The van der Waals surface area contributed by atoms with Crippen LogP contribution in [0.25, 0.3) is 5.76 Å². The number of nitrogens with zero attached hydrogens (tertiary/aromatic N) is 3. The number of aliphatic hydroxyl groups is 1. The first kappa shape index (κ1) is 22.7. The van der Waals surface area contributed by atoms with Gasteiger partial charge in [0.2, 0.25) is 0 Å². The van der Waals surface area contributed by atoms with Gasteiger partial charge in [0.1, 0.15) is 11.5 Å². The number of aromatic nitrogens is 1. The number of carbonyl (C=O) groups excluding carboxylic acids is 2. The van der Waals surface area contributed by atoms with Crippen LogP contribution in [0, 0.1) is 17.2 Å². The van der Waals surface area contributed by atoms with Crippen molar-refractivity contribution in [3.8, 4) is 11.8 Å². The highest BCUT2D eigenvalue weighted by atomic mass is 16.5. The second kappa shape index (κ2) is 9.59. The number of anilines is 1. The van der Waals surface area contributed by atoms with Crippen molar-refractivity contribution in [2.75, 3.05) is 11.5 Å². The standard InChI is InChI=1S/C27H23N3O4/c1-17(2)16-34-22-7-3-5-19(13-22)25(31)23-24(20-6-4-12-29-15-20)30(27(33)26(23)32)21-10-8-18(14-28)9-11-21/h3-13,15,17,24,31H,16H2,1-2H3/b25-23-. The Morgan fingerprint density at radius 3 is 2.56 bits per heavy atom. The first-order valence-electron chi connectivity index (χ1n) is 10.8. The van der Waals surface area contributed by atoms with Gasteiger partial charge in [0.05, 0.1) is 29.9 Å². The number of hydrogen-bond acceptors (Lipinski definition) is 6. The maximum Gasteiger partial charge on any atom is 0.300 e. The summed E-state index contributed by atoms with van der Waals surface area (Å²) in [6.07, 6.45) is 3.15. The van der Waals surface area contributed by atoms with Crippen LogP contribution in [-0.4, -0.2) is 28.4 Å². The van der Waals surface area contributed by atoms with Crippen LogP contribution in [0.4, 0.5) is 5.69 Å². The summed E-state index contributed by atoms with van der Waals surface area (Å²) >= 11 is 0. The van der Waals surface area contributed by atoms with Crippen LogP contribution < -0.4 is 9.64 Å². The van der Waals surface area contributed by atoms with Crippen molar-refractivity contribution in [1.82, 2.24) is 4.98 Å². The van der Waals surface area contributed by atoms with Gasteiger partial charge in [0.25, 0.3) is 11.7 Å². The maximum atomic E-state index is 13.2. The Hall–Kier alpha value is -4.44. The van der Waals surface area contributed by atoms with E-state index >= 15 is 0 Å². The summed E-state index contributed by atoms with van der Waals surface area (Å²) in [6, 6.07) is 17.8. The lowest BCUT2D eigenvalue weighted by Gasteiger charge is -2.25. The highest BCUT2D eigenvalue weighted by Gasteiger charge is 2.47. The van der Waals surface area contributed by atoms with E-state index < -0.39 is 17.7 Å². The summed E-state index contributed by atoms with van der Waals surface area (Å²) < 4.78 is 5.76. The fourth-order valence-electron chi connectivity index (χ4n) is 3.80. The zero-order valence-corrected chi connectivity index (χ0v) is 18.8. The number of benzene rings is 2. The Morgan fingerprint density at radius 1 is 1.15 bits per heavy atom. The van der Waals surface area contributed by atoms with Gasteiger partial charge in [-0.05, 0) is 53.9 Å². The third kappa shape index (κ3) is 4.39. The second-order valence-corrected chi connectivity index (χ2v) is 8.35. The molecule has 7 heteroatoms. The van der Waals surface area contributed by atoms with Gasteiger partial charge >= 0.3 is 0 Å². The molecule has 170 valence electrons. The predicted octanol–water partition coefficient (Wildman–Crippen LogP) is 4.61. The summed E-state index contributed by atoms with van der Waals surface area (Å²) in [7, 11) is 0. The Morgan fingerprint density at radius 2 is 1.91 bits per heavy atom. The molecule has 3 aromatic rings. The SMILES string of the molecule is CC(C)COc1cccc(/C(O)=C2/C(=O)C(=O)N(c3ccc(C#N)cc3)C2c2cccnc2)c1. The number of pyridine rings is 1. The van der Waals surface area contributed by atoms with E-state index in [0.29, 0.717) is 40.7 Å². The number of rotatable bonds is 6. The highest BCUT2D eigenvalue weighted by Crippen LogP contribution is 2.42. The zero-order valence-electron chi connectivity index (χ0n) is 18.8. The van der Waals surface area contributed by atoms with E-state index in [2.05, 4.69) is 4.98 Å². The van der Waals surface area contributed by atoms with Crippen LogP contribution in [0.1, 0.15) is 36.6 Å². The number of amides is 1. The molecular weight excluding hydrogens is 430 g/mol. The lowest BCUT2D eigenvalue weighted by molar-refractivity contribution is -0.132. The number of ketones is 1. The van der Waals surface area contributed by atoms with Crippen LogP contribution in [0.3, 0.4) is 0 Å². The first-order valence-corrected chi connectivity index (χ1v) is 10.8. The van der Waals surface area contributed by atoms with Crippen molar-refractivity contribution >= 4 is 23.1 Å². The average Bonchev–Trinajstić information content (AvgIpc) is 3.13. The monoisotopic (exact) mass is 453 g/mol. The molecule has 1 fully saturated rings. The molecule has 1 aliphatic heterocycles. The molecule has 1 aromatic heterocycles. The molecule has 4 rings (SSSR count). The van der Waals surface area contributed by atoms with Crippen molar-refractivity contribution in [2.45, 2.75) is 19.9 Å². The molecule has 1 aliphatic rings. The molecule has 7 nitrogen and oxygen atoms in total. The zero-order chi connectivity index (χ0) is 24.2. The van der Waals surface area contributed by atoms with Gasteiger partial charge in [-0.15, -0.1) is 0 Å².